The lowest BCUT2D eigenvalue weighted by atomic mass is 9.93. The summed E-state index contributed by atoms with van der Waals surface area (Å²) >= 11 is 0. The van der Waals surface area contributed by atoms with E-state index in [0.717, 1.165) is 11.6 Å². The molecular formula is C15H13F2NO. The Hall–Kier alpha value is -1.94. The number of nitrogens with two attached hydrogens (primary N) is 1. The first-order valence-electron chi connectivity index (χ1n) is 6.10. The third-order valence-electron chi connectivity index (χ3n) is 3.31. The van der Waals surface area contributed by atoms with Crippen molar-refractivity contribution in [2.45, 2.75) is 18.6 Å². The van der Waals surface area contributed by atoms with Crippen LogP contribution in [-0.2, 0) is 0 Å². The normalized spacial score (nSPS) is 21.6. The van der Waals surface area contributed by atoms with Crippen molar-refractivity contribution in [3.05, 3.63) is 65.2 Å². The van der Waals surface area contributed by atoms with Gasteiger partial charge in [-0.15, -0.1) is 0 Å². The SMILES string of the molecule is NC1CC(c2cc(F)cc(F)c2)Oc2ccccc21. The van der Waals surface area contributed by atoms with Crippen LogP contribution in [0.15, 0.2) is 42.5 Å². The summed E-state index contributed by atoms with van der Waals surface area (Å²) in [4.78, 5) is 0. The number of benzene rings is 2. The molecule has 0 fully saturated rings. The summed E-state index contributed by atoms with van der Waals surface area (Å²) in [5, 5.41) is 0. The minimum Gasteiger partial charge on any atom is -0.485 e. The number of halogens is 2. The molecule has 2 unspecified atom stereocenters. The molecule has 1 heterocycles. The van der Waals surface area contributed by atoms with Gasteiger partial charge in [-0.25, -0.2) is 8.78 Å². The van der Waals surface area contributed by atoms with Crippen molar-refractivity contribution in [1.29, 1.82) is 0 Å². The molecule has 0 saturated heterocycles. The zero-order valence-corrected chi connectivity index (χ0v) is 10.1. The molecule has 2 N–H and O–H groups in total. The smallest absolute Gasteiger partial charge is 0.126 e. The highest BCUT2D eigenvalue weighted by Gasteiger charge is 2.27. The van der Waals surface area contributed by atoms with Gasteiger partial charge >= 0.3 is 0 Å². The summed E-state index contributed by atoms with van der Waals surface area (Å²) in [6.07, 6.45) is 0.0787. The minimum atomic E-state index is -0.606. The van der Waals surface area contributed by atoms with Crippen LogP contribution in [0, 0.1) is 11.6 Å². The number of hydrogen-bond donors (Lipinski definition) is 1. The monoisotopic (exact) mass is 261 g/mol. The number of fused-ring (bicyclic) bond motifs is 1. The fourth-order valence-electron chi connectivity index (χ4n) is 2.42. The second-order valence-corrected chi connectivity index (χ2v) is 4.69. The van der Waals surface area contributed by atoms with Crippen molar-refractivity contribution in [1.82, 2.24) is 0 Å². The van der Waals surface area contributed by atoms with Crippen LogP contribution in [0.4, 0.5) is 8.78 Å². The van der Waals surface area contributed by atoms with E-state index in [-0.39, 0.29) is 6.04 Å². The molecule has 1 aliphatic heterocycles. The number of hydrogen-bond acceptors (Lipinski definition) is 2. The Morgan fingerprint density at radius 1 is 1.05 bits per heavy atom. The number of rotatable bonds is 1. The molecule has 2 atom stereocenters. The Bertz CT molecular complexity index is 595. The van der Waals surface area contributed by atoms with Crippen LogP contribution in [0.25, 0.3) is 0 Å². The summed E-state index contributed by atoms with van der Waals surface area (Å²) in [6.45, 7) is 0. The van der Waals surface area contributed by atoms with Gasteiger partial charge in [0.15, 0.2) is 0 Å². The molecule has 0 saturated carbocycles. The van der Waals surface area contributed by atoms with E-state index in [1.807, 2.05) is 24.3 Å². The molecule has 2 aromatic rings. The second-order valence-electron chi connectivity index (χ2n) is 4.69. The molecule has 4 heteroatoms. The van der Waals surface area contributed by atoms with Gasteiger partial charge in [-0.3, -0.25) is 0 Å². The standard InChI is InChI=1S/C15H13F2NO/c16-10-5-9(6-11(17)7-10)15-8-13(18)12-3-1-2-4-14(12)19-15/h1-7,13,15H,8,18H2. The molecule has 98 valence electrons. The minimum absolute atomic E-state index is 0.193. The average Bonchev–Trinajstić information content (AvgIpc) is 2.37. The first-order chi connectivity index (χ1) is 9.13. The maximum Gasteiger partial charge on any atom is 0.126 e. The van der Waals surface area contributed by atoms with E-state index < -0.39 is 17.7 Å². The van der Waals surface area contributed by atoms with Gasteiger partial charge in [-0.2, -0.15) is 0 Å². The van der Waals surface area contributed by atoms with Gasteiger partial charge in [0.1, 0.15) is 23.5 Å². The van der Waals surface area contributed by atoms with Gasteiger partial charge in [0, 0.05) is 24.1 Å². The van der Waals surface area contributed by atoms with Crippen molar-refractivity contribution in [2.24, 2.45) is 5.73 Å². The predicted octanol–water partition coefficient (Wildman–Crippen LogP) is 3.49. The van der Waals surface area contributed by atoms with Crippen LogP contribution in [0.1, 0.15) is 29.7 Å². The zero-order chi connectivity index (χ0) is 13.4. The molecule has 0 aromatic heterocycles. The number of para-hydroxylation sites is 1. The van der Waals surface area contributed by atoms with E-state index in [1.54, 1.807) is 0 Å². The van der Waals surface area contributed by atoms with E-state index in [2.05, 4.69) is 0 Å². The van der Waals surface area contributed by atoms with Crippen LogP contribution in [0.3, 0.4) is 0 Å². The van der Waals surface area contributed by atoms with Gasteiger partial charge in [-0.1, -0.05) is 18.2 Å². The largest absolute Gasteiger partial charge is 0.485 e. The molecule has 1 aliphatic rings. The van der Waals surface area contributed by atoms with E-state index in [0.29, 0.717) is 17.7 Å². The molecule has 0 amide bonds. The van der Waals surface area contributed by atoms with Crippen molar-refractivity contribution < 1.29 is 13.5 Å². The highest BCUT2D eigenvalue weighted by molar-refractivity contribution is 5.39. The fourth-order valence-corrected chi connectivity index (χ4v) is 2.42. The Kier molecular flexibility index (Phi) is 2.95. The van der Waals surface area contributed by atoms with Crippen LogP contribution in [0.5, 0.6) is 5.75 Å². The third kappa shape index (κ3) is 2.31. The van der Waals surface area contributed by atoms with E-state index in [4.69, 9.17) is 10.5 Å². The van der Waals surface area contributed by atoms with Gasteiger partial charge in [0.05, 0.1) is 0 Å². The molecule has 0 radical (unpaired) electrons. The summed E-state index contributed by atoms with van der Waals surface area (Å²) in [6, 6.07) is 10.7. The van der Waals surface area contributed by atoms with Crippen LogP contribution >= 0.6 is 0 Å². The van der Waals surface area contributed by atoms with Crippen LogP contribution < -0.4 is 10.5 Å². The highest BCUT2D eigenvalue weighted by atomic mass is 19.1. The first kappa shape index (κ1) is 12.1. The van der Waals surface area contributed by atoms with Crippen molar-refractivity contribution >= 4 is 0 Å². The fraction of sp³-hybridized carbons (Fsp3) is 0.200. The first-order valence-corrected chi connectivity index (χ1v) is 6.10. The van der Waals surface area contributed by atoms with Crippen molar-refractivity contribution in [3.8, 4) is 5.75 Å². The predicted molar refractivity (Wildman–Crippen MR) is 67.7 cm³/mol. The molecule has 0 spiro atoms. The summed E-state index contributed by atoms with van der Waals surface area (Å²) in [5.41, 5.74) is 7.48. The van der Waals surface area contributed by atoms with Gasteiger partial charge in [-0.05, 0) is 23.8 Å². The maximum absolute atomic E-state index is 13.2. The molecule has 2 aromatic carbocycles. The Morgan fingerprint density at radius 3 is 2.47 bits per heavy atom. The number of ether oxygens (including phenoxy) is 1. The quantitative estimate of drug-likeness (QED) is 0.852. The zero-order valence-electron chi connectivity index (χ0n) is 10.1. The van der Waals surface area contributed by atoms with Crippen LogP contribution in [-0.4, -0.2) is 0 Å². The highest BCUT2D eigenvalue weighted by Crippen LogP contribution is 2.39. The van der Waals surface area contributed by atoms with E-state index in [1.165, 1.54) is 12.1 Å². The molecular weight excluding hydrogens is 248 g/mol. The molecule has 19 heavy (non-hydrogen) atoms. The Morgan fingerprint density at radius 2 is 1.74 bits per heavy atom. The summed E-state index contributed by atoms with van der Waals surface area (Å²) in [7, 11) is 0. The molecule has 0 bridgehead atoms. The Balaban J connectivity index is 1.96. The van der Waals surface area contributed by atoms with Crippen molar-refractivity contribution in [3.63, 3.8) is 0 Å². The maximum atomic E-state index is 13.2. The summed E-state index contributed by atoms with van der Waals surface area (Å²) < 4.78 is 32.3. The lowest BCUT2D eigenvalue weighted by Gasteiger charge is -2.30. The topological polar surface area (TPSA) is 35.2 Å². The molecule has 3 rings (SSSR count). The summed E-state index contributed by atoms with van der Waals surface area (Å²) in [5.74, 6) is -0.534. The molecule has 0 aliphatic carbocycles. The molecule has 2 nitrogen and oxygen atoms in total. The lowest BCUT2D eigenvalue weighted by molar-refractivity contribution is 0.161. The van der Waals surface area contributed by atoms with E-state index >= 15 is 0 Å². The van der Waals surface area contributed by atoms with Crippen LogP contribution in [0.2, 0.25) is 0 Å². The van der Waals surface area contributed by atoms with E-state index in [9.17, 15) is 8.78 Å². The Labute approximate surface area is 109 Å². The van der Waals surface area contributed by atoms with Gasteiger partial charge in [0.25, 0.3) is 0 Å². The second kappa shape index (κ2) is 4.63. The van der Waals surface area contributed by atoms with Gasteiger partial charge < -0.3 is 10.5 Å². The lowest BCUT2D eigenvalue weighted by Crippen LogP contribution is -2.24. The third-order valence-corrected chi connectivity index (χ3v) is 3.31. The van der Waals surface area contributed by atoms with Crippen molar-refractivity contribution in [2.75, 3.05) is 0 Å². The average molecular weight is 261 g/mol. The van der Waals surface area contributed by atoms with Gasteiger partial charge in [0.2, 0.25) is 0 Å².